The van der Waals surface area contributed by atoms with Crippen LogP contribution in [0.4, 0.5) is 0 Å². The molecule has 0 N–H and O–H groups in total. The molecule has 0 radical (unpaired) electrons. The van der Waals surface area contributed by atoms with Crippen molar-refractivity contribution in [2.45, 2.75) is 25.0 Å². The van der Waals surface area contributed by atoms with Gasteiger partial charge in [0.15, 0.2) is 0 Å². The fraction of sp³-hybridized carbons (Fsp3) is 0.750. The minimum Gasteiger partial charge on any atom is -0.356 e. The van der Waals surface area contributed by atoms with Gasteiger partial charge in [-0.15, -0.1) is 0 Å². The monoisotopic (exact) mass is 138 g/mol. The first kappa shape index (κ1) is 6.21. The molecule has 0 spiro atoms. The van der Waals surface area contributed by atoms with Gasteiger partial charge in [-0.1, -0.05) is 11.8 Å². The summed E-state index contributed by atoms with van der Waals surface area (Å²) < 4.78 is 10.2. The average molecular weight is 138 g/mol. The van der Waals surface area contributed by atoms with Gasteiger partial charge in [0.05, 0.1) is 13.2 Å². The Bertz CT molecular complexity index is 191. The highest BCUT2D eigenvalue weighted by molar-refractivity contribution is 5.27. The van der Waals surface area contributed by atoms with Crippen LogP contribution in [0.15, 0.2) is 0 Å². The van der Waals surface area contributed by atoms with E-state index in [1.54, 1.807) is 0 Å². The van der Waals surface area contributed by atoms with E-state index in [-0.39, 0.29) is 11.2 Å². The van der Waals surface area contributed by atoms with Gasteiger partial charge < -0.3 is 9.47 Å². The Balaban J connectivity index is 2.02. The molecule has 2 rings (SSSR count). The number of rotatable bonds is 0. The molecule has 2 saturated heterocycles. The van der Waals surface area contributed by atoms with Crippen LogP contribution in [0.2, 0.25) is 0 Å². The van der Waals surface area contributed by atoms with E-state index in [0.717, 1.165) is 13.2 Å². The van der Waals surface area contributed by atoms with Crippen LogP contribution in [0.25, 0.3) is 0 Å². The van der Waals surface area contributed by atoms with Crippen molar-refractivity contribution < 1.29 is 9.47 Å². The predicted octanol–water partition coefficient (Wildman–Crippen LogP) is 0.568. The highest BCUT2D eigenvalue weighted by Gasteiger charge is 2.41. The van der Waals surface area contributed by atoms with Gasteiger partial charge in [-0.3, -0.25) is 0 Å². The van der Waals surface area contributed by atoms with Crippen LogP contribution < -0.4 is 0 Å². The number of ether oxygens (including phenoxy) is 2. The van der Waals surface area contributed by atoms with E-state index in [1.807, 2.05) is 13.8 Å². The molecule has 10 heavy (non-hydrogen) atoms. The molecule has 0 aromatic heterocycles. The molecule has 2 aliphatic heterocycles. The van der Waals surface area contributed by atoms with Crippen molar-refractivity contribution in [3.8, 4) is 11.8 Å². The zero-order valence-electron chi connectivity index (χ0n) is 6.23. The number of hydrogen-bond donors (Lipinski definition) is 0. The average Bonchev–Trinajstić information content (AvgIpc) is 2.72. The lowest BCUT2D eigenvalue weighted by Crippen LogP contribution is -2.04. The van der Waals surface area contributed by atoms with Crippen molar-refractivity contribution in [3.63, 3.8) is 0 Å². The fourth-order valence-electron chi connectivity index (χ4n) is 0.625. The van der Waals surface area contributed by atoms with Gasteiger partial charge in [-0.2, -0.15) is 0 Å². The summed E-state index contributed by atoms with van der Waals surface area (Å²) in [5.74, 6) is 6.08. The molecular weight excluding hydrogens is 128 g/mol. The molecule has 0 bridgehead atoms. The molecule has 2 atom stereocenters. The van der Waals surface area contributed by atoms with E-state index in [0.29, 0.717) is 0 Å². The summed E-state index contributed by atoms with van der Waals surface area (Å²) in [4.78, 5) is 0. The van der Waals surface area contributed by atoms with Crippen LogP contribution in [0.5, 0.6) is 0 Å². The Morgan fingerprint density at radius 1 is 1.00 bits per heavy atom. The summed E-state index contributed by atoms with van der Waals surface area (Å²) in [6.07, 6.45) is 0. The van der Waals surface area contributed by atoms with Gasteiger partial charge in [0, 0.05) is 0 Å². The summed E-state index contributed by atoms with van der Waals surface area (Å²) in [6, 6.07) is 0. The maximum absolute atomic E-state index is 5.09. The molecule has 0 aliphatic carbocycles. The highest BCUT2D eigenvalue weighted by Crippen LogP contribution is 2.28. The molecule has 2 heterocycles. The molecule has 2 nitrogen and oxygen atoms in total. The third-order valence-electron chi connectivity index (χ3n) is 1.75. The van der Waals surface area contributed by atoms with Crippen molar-refractivity contribution >= 4 is 0 Å². The largest absolute Gasteiger partial charge is 0.356 e. The standard InChI is InChI=1S/C8H10O2/c1-7(5-9-7)3-4-8(2)6-10-8/h5-6H2,1-2H3. The van der Waals surface area contributed by atoms with Crippen molar-refractivity contribution in [3.05, 3.63) is 0 Å². The molecular formula is C8H10O2. The molecule has 2 unspecified atom stereocenters. The van der Waals surface area contributed by atoms with Crippen LogP contribution in [0.3, 0.4) is 0 Å². The SMILES string of the molecule is CC1(C#CC2(C)CO2)CO1. The summed E-state index contributed by atoms with van der Waals surface area (Å²) >= 11 is 0. The molecule has 0 saturated carbocycles. The smallest absolute Gasteiger partial charge is 0.149 e. The zero-order valence-corrected chi connectivity index (χ0v) is 6.23. The van der Waals surface area contributed by atoms with E-state index in [2.05, 4.69) is 11.8 Å². The van der Waals surface area contributed by atoms with E-state index >= 15 is 0 Å². The summed E-state index contributed by atoms with van der Waals surface area (Å²) in [6.45, 7) is 5.53. The number of hydrogen-bond acceptors (Lipinski definition) is 2. The first-order chi connectivity index (χ1) is 4.62. The lowest BCUT2D eigenvalue weighted by Gasteiger charge is -1.91. The Hall–Kier alpha value is -0.520. The van der Waals surface area contributed by atoms with E-state index < -0.39 is 0 Å². The topological polar surface area (TPSA) is 25.1 Å². The van der Waals surface area contributed by atoms with Crippen LogP contribution in [0.1, 0.15) is 13.8 Å². The van der Waals surface area contributed by atoms with Crippen molar-refractivity contribution in [1.29, 1.82) is 0 Å². The second-order valence-corrected chi connectivity index (χ2v) is 3.29. The first-order valence-electron chi connectivity index (χ1n) is 3.44. The second kappa shape index (κ2) is 1.55. The summed E-state index contributed by atoms with van der Waals surface area (Å²) in [5.41, 5.74) is -0.288. The summed E-state index contributed by atoms with van der Waals surface area (Å²) in [5, 5.41) is 0. The van der Waals surface area contributed by atoms with E-state index in [4.69, 9.17) is 9.47 Å². The molecule has 0 aromatic carbocycles. The second-order valence-electron chi connectivity index (χ2n) is 3.29. The van der Waals surface area contributed by atoms with Gasteiger partial charge in [0.1, 0.15) is 11.2 Å². The summed E-state index contributed by atoms with van der Waals surface area (Å²) in [7, 11) is 0. The normalized spacial score (nSPS) is 49.4. The molecule has 0 aromatic rings. The van der Waals surface area contributed by atoms with Crippen molar-refractivity contribution in [1.82, 2.24) is 0 Å². The molecule has 2 heteroatoms. The van der Waals surface area contributed by atoms with Gasteiger partial charge >= 0.3 is 0 Å². The third kappa shape index (κ3) is 1.16. The lowest BCUT2D eigenvalue weighted by molar-refractivity contribution is 0.369. The van der Waals surface area contributed by atoms with Crippen LogP contribution in [-0.4, -0.2) is 24.4 Å². The Kier molecular flexibility index (Phi) is 0.964. The predicted molar refractivity (Wildman–Crippen MR) is 36.5 cm³/mol. The minimum atomic E-state index is -0.144. The Morgan fingerprint density at radius 3 is 1.50 bits per heavy atom. The van der Waals surface area contributed by atoms with Crippen LogP contribution in [-0.2, 0) is 9.47 Å². The molecule has 0 amide bonds. The first-order valence-corrected chi connectivity index (χ1v) is 3.44. The van der Waals surface area contributed by atoms with Crippen molar-refractivity contribution in [2.75, 3.05) is 13.2 Å². The van der Waals surface area contributed by atoms with Gasteiger partial charge in [-0.25, -0.2) is 0 Å². The van der Waals surface area contributed by atoms with Crippen LogP contribution in [0, 0.1) is 11.8 Å². The van der Waals surface area contributed by atoms with Gasteiger partial charge in [-0.05, 0) is 13.8 Å². The van der Waals surface area contributed by atoms with Crippen molar-refractivity contribution in [2.24, 2.45) is 0 Å². The van der Waals surface area contributed by atoms with Crippen LogP contribution >= 0.6 is 0 Å². The quantitative estimate of drug-likeness (QED) is 0.361. The fourth-order valence-corrected chi connectivity index (χ4v) is 0.625. The molecule has 54 valence electrons. The minimum absolute atomic E-state index is 0.144. The molecule has 2 aliphatic rings. The maximum atomic E-state index is 5.09. The van der Waals surface area contributed by atoms with E-state index in [1.165, 1.54) is 0 Å². The maximum Gasteiger partial charge on any atom is 0.149 e. The van der Waals surface area contributed by atoms with Gasteiger partial charge in [0.2, 0.25) is 0 Å². The third-order valence-corrected chi connectivity index (χ3v) is 1.75. The Morgan fingerprint density at radius 2 is 1.30 bits per heavy atom. The highest BCUT2D eigenvalue weighted by atomic mass is 16.6. The molecule has 2 fully saturated rings. The lowest BCUT2D eigenvalue weighted by atomic mass is 10.1. The Labute approximate surface area is 60.5 Å². The number of epoxide rings is 2. The van der Waals surface area contributed by atoms with Gasteiger partial charge in [0.25, 0.3) is 0 Å². The zero-order chi connectivity index (χ0) is 7.24. The van der Waals surface area contributed by atoms with E-state index in [9.17, 15) is 0 Å².